The first-order chi connectivity index (χ1) is 10.7. The number of rotatable bonds is 1. The number of hydrogen-bond donors (Lipinski definition) is 1. The number of piperidine rings is 1. The Hall–Kier alpha value is -1.88. The molecule has 5 nitrogen and oxygen atoms in total. The van der Waals surface area contributed by atoms with Gasteiger partial charge in [-0.15, -0.1) is 0 Å². The van der Waals surface area contributed by atoms with Crippen LogP contribution in [0.4, 0.5) is 0 Å². The van der Waals surface area contributed by atoms with Gasteiger partial charge in [0.25, 0.3) is 5.91 Å². The first-order valence-corrected chi connectivity index (χ1v) is 7.99. The van der Waals surface area contributed by atoms with Gasteiger partial charge >= 0.3 is 0 Å². The molecule has 1 atom stereocenters. The van der Waals surface area contributed by atoms with E-state index in [1.165, 1.54) is 17.5 Å². The topological polar surface area (TPSA) is 61.9 Å². The van der Waals surface area contributed by atoms with Gasteiger partial charge in [0.15, 0.2) is 0 Å². The molecule has 6 heteroatoms. The van der Waals surface area contributed by atoms with E-state index in [9.17, 15) is 4.79 Å². The number of pyridine rings is 1. The molecule has 3 heterocycles. The summed E-state index contributed by atoms with van der Waals surface area (Å²) in [5.74, 6) is -0.0105. The van der Waals surface area contributed by atoms with Crippen LogP contribution in [0.25, 0.3) is 0 Å². The van der Waals surface area contributed by atoms with E-state index in [1.807, 2.05) is 11.1 Å². The third kappa shape index (κ3) is 2.11. The zero-order valence-corrected chi connectivity index (χ0v) is 12.9. The Bertz CT molecular complexity index is 711. The molecule has 22 heavy (non-hydrogen) atoms. The second kappa shape index (κ2) is 5.09. The van der Waals surface area contributed by atoms with Crippen molar-refractivity contribution in [1.29, 1.82) is 0 Å². The lowest BCUT2D eigenvalue weighted by Crippen LogP contribution is -2.48. The molecular formula is C16H17ClN4O. The molecule has 4 rings (SSSR count). The Balaban J connectivity index is 1.59. The van der Waals surface area contributed by atoms with Gasteiger partial charge in [-0.05, 0) is 43.4 Å². The molecule has 2 aromatic rings. The van der Waals surface area contributed by atoms with Crippen LogP contribution in [-0.4, -0.2) is 39.1 Å². The van der Waals surface area contributed by atoms with Gasteiger partial charge in [0.05, 0.1) is 11.2 Å². The lowest BCUT2D eigenvalue weighted by atomic mass is 9.77. The van der Waals surface area contributed by atoms with Crippen LogP contribution in [0.2, 0.25) is 5.02 Å². The maximum atomic E-state index is 12.7. The Labute approximate surface area is 133 Å². The van der Waals surface area contributed by atoms with Gasteiger partial charge in [0.1, 0.15) is 5.69 Å². The third-order valence-corrected chi connectivity index (χ3v) is 5.16. The Morgan fingerprint density at radius 2 is 2.23 bits per heavy atom. The number of H-pyrrole nitrogens is 1. The molecule has 1 saturated heterocycles. The van der Waals surface area contributed by atoms with Gasteiger partial charge in [-0.1, -0.05) is 11.6 Å². The molecule has 1 fully saturated rings. The molecule has 0 bridgehead atoms. The number of aromatic amines is 1. The molecule has 1 amide bonds. The molecule has 1 unspecified atom stereocenters. The van der Waals surface area contributed by atoms with Crippen LogP contribution in [-0.2, 0) is 11.8 Å². The number of hydrogen-bond acceptors (Lipinski definition) is 3. The van der Waals surface area contributed by atoms with Gasteiger partial charge in [-0.3, -0.25) is 9.89 Å². The van der Waals surface area contributed by atoms with E-state index in [1.54, 1.807) is 12.1 Å². The van der Waals surface area contributed by atoms with Crippen molar-refractivity contribution in [2.24, 2.45) is 0 Å². The number of halogens is 1. The smallest absolute Gasteiger partial charge is 0.272 e. The van der Waals surface area contributed by atoms with Crippen LogP contribution < -0.4 is 0 Å². The standard InChI is InChI=1S/C16H17ClN4O/c17-12-2-3-13(18-9-12)15(22)21-7-1-5-16(10-21)6-4-11-8-19-20-14(11)16/h2-3,8-9H,1,4-7,10H2,(H,19,20). The molecule has 114 valence electrons. The number of fused-ring (bicyclic) bond motifs is 2. The van der Waals surface area contributed by atoms with Crippen molar-refractivity contribution < 1.29 is 4.79 Å². The summed E-state index contributed by atoms with van der Waals surface area (Å²) >= 11 is 5.85. The van der Waals surface area contributed by atoms with Crippen molar-refractivity contribution in [3.63, 3.8) is 0 Å². The lowest BCUT2D eigenvalue weighted by Gasteiger charge is -2.40. The molecule has 0 aromatic carbocycles. The molecule has 0 saturated carbocycles. The van der Waals surface area contributed by atoms with Crippen molar-refractivity contribution in [2.75, 3.05) is 13.1 Å². The summed E-state index contributed by atoms with van der Waals surface area (Å²) in [4.78, 5) is 18.8. The predicted octanol–water partition coefficient (Wildman–Crippen LogP) is 2.58. The zero-order valence-electron chi connectivity index (χ0n) is 12.2. The lowest BCUT2D eigenvalue weighted by molar-refractivity contribution is 0.0627. The summed E-state index contributed by atoms with van der Waals surface area (Å²) in [6.07, 6.45) is 7.71. The fourth-order valence-corrected chi connectivity index (χ4v) is 3.95. The van der Waals surface area contributed by atoms with Crippen LogP contribution in [0.3, 0.4) is 0 Å². The Morgan fingerprint density at radius 1 is 1.32 bits per heavy atom. The minimum atomic E-state index is -0.0105. The molecule has 1 aliphatic carbocycles. The second-order valence-corrected chi connectivity index (χ2v) is 6.68. The fraction of sp³-hybridized carbons (Fsp3) is 0.438. The first-order valence-electron chi connectivity index (χ1n) is 7.62. The summed E-state index contributed by atoms with van der Waals surface area (Å²) in [5, 5.41) is 7.89. The summed E-state index contributed by atoms with van der Waals surface area (Å²) in [5.41, 5.74) is 3.05. The zero-order chi connectivity index (χ0) is 15.2. The van der Waals surface area contributed by atoms with Crippen LogP contribution in [0, 0.1) is 0 Å². The van der Waals surface area contributed by atoms with Crippen LogP contribution >= 0.6 is 11.6 Å². The maximum Gasteiger partial charge on any atom is 0.272 e. The molecule has 1 aliphatic heterocycles. The highest BCUT2D eigenvalue weighted by atomic mass is 35.5. The number of aromatic nitrogens is 3. The van der Waals surface area contributed by atoms with E-state index in [0.29, 0.717) is 10.7 Å². The summed E-state index contributed by atoms with van der Waals surface area (Å²) in [6, 6.07) is 3.41. The third-order valence-electron chi connectivity index (χ3n) is 4.93. The average molecular weight is 317 g/mol. The van der Waals surface area contributed by atoms with E-state index in [4.69, 9.17) is 11.6 Å². The van der Waals surface area contributed by atoms with E-state index < -0.39 is 0 Å². The highest BCUT2D eigenvalue weighted by Crippen LogP contribution is 2.43. The predicted molar refractivity (Wildman–Crippen MR) is 83.0 cm³/mol. The van der Waals surface area contributed by atoms with Gasteiger partial charge < -0.3 is 4.90 Å². The normalized spacial score (nSPS) is 23.8. The van der Waals surface area contributed by atoms with Gasteiger partial charge in [-0.25, -0.2) is 4.98 Å². The summed E-state index contributed by atoms with van der Waals surface area (Å²) in [7, 11) is 0. The average Bonchev–Trinajstić information content (AvgIpc) is 3.13. The molecule has 0 radical (unpaired) electrons. The number of amides is 1. The Morgan fingerprint density at radius 3 is 3.05 bits per heavy atom. The molecule has 2 aliphatic rings. The first kappa shape index (κ1) is 13.8. The van der Waals surface area contributed by atoms with E-state index >= 15 is 0 Å². The van der Waals surface area contributed by atoms with E-state index in [-0.39, 0.29) is 11.3 Å². The second-order valence-electron chi connectivity index (χ2n) is 6.24. The SMILES string of the molecule is O=C(c1ccc(Cl)cn1)N1CCCC2(CCc3cn[nH]c32)C1. The summed E-state index contributed by atoms with van der Waals surface area (Å²) < 4.78 is 0. The Kier molecular flexibility index (Phi) is 3.18. The highest BCUT2D eigenvalue weighted by Gasteiger charge is 2.44. The minimum Gasteiger partial charge on any atom is -0.336 e. The van der Waals surface area contributed by atoms with E-state index in [2.05, 4.69) is 15.2 Å². The number of nitrogens with zero attached hydrogens (tertiary/aromatic N) is 3. The van der Waals surface area contributed by atoms with Crippen molar-refractivity contribution in [1.82, 2.24) is 20.1 Å². The molecule has 2 aromatic heterocycles. The van der Waals surface area contributed by atoms with Crippen LogP contribution in [0.15, 0.2) is 24.5 Å². The number of carbonyl (C=O) groups excluding carboxylic acids is 1. The summed E-state index contributed by atoms with van der Waals surface area (Å²) in [6.45, 7) is 1.53. The van der Waals surface area contributed by atoms with Crippen LogP contribution in [0.5, 0.6) is 0 Å². The maximum absolute atomic E-state index is 12.7. The molecule has 1 N–H and O–H groups in total. The van der Waals surface area contributed by atoms with Crippen molar-refractivity contribution in [2.45, 2.75) is 31.1 Å². The molecular weight excluding hydrogens is 300 g/mol. The van der Waals surface area contributed by atoms with Gasteiger partial charge in [-0.2, -0.15) is 5.10 Å². The number of likely N-dealkylation sites (tertiary alicyclic amines) is 1. The monoisotopic (exact) mass is 316 g/mol. The number of aryl methyl sites for hydroxylation is 1. The van der Waals surface area contributed by atoms with Crippen molar-refractivity contribution in [3.05, 3.63) is 46.5 Å². The number of nitrogens with one attached hydrogen (secondary N) is 1. The quantitative estimate of drug-likeness (QED) is 0.879. The minimum absolute atomic E-state index is 0.0105. The highest BCUT2D eigenvalue weighted by molar-refractivity contribution is 6.30. The molecule has 1 spiro atoms. The van der Waals surface area contributed by atoms with Crippen molar-refractivity contribution in [3.8, 4) is 0 Å². The fourth-order valence-electron chi connectivity index (χ4n) is 3.84. The van der Waals surface area contributed by atoms with Crippen LogP contribution in [0.1, 0.15) is 41.0 Å². The number of carbonyl (C=O) groups is 1. The van der Waals surface area contributed by atoms with Crippen molar-refractivity contribution >= 4 is 17.5 Å². The van der Waals surface area contributed by atoms with Gasteiger partial charge in [0.2, 0.25) is 0 Å². The van der Waals surface area contributed by atoms with Gasteiger partial charge in [0, 0.05) is 30.4 Å². The van der Waals surface area contributed by atoms with E-state index in [0.717, 1.165) is 38.8 Å². The largest absolute Gasteiger partial charge is 0.336 e.